The maximum atomic E-state index is 12.1. The number of thiophene rings is 1. The highest BCUT2D eigenvalue weighted by molar-refractivity contribution is 7.18. The molecule has 0 atom stereocenters. The van der Waals surface area contributed by atoms with Crippen LogP contribution in [0.5, 0.6) is 11.5 Å². The molecule has 1 aliphatic heterocycles. The Bertz CT molecular complexity index is 856. The molecule has 0 saturated carbocycles. The zero-order valence-corrected chi connectivity index (χ0v) is 15.4. The van der Waals surface area contributed by atoms with Crippen molar-refractivity contribution < 1.29 is 23.8 Å². The van der Waals surface area contributed by atoms with Crippen LogP contribution in [-0.4, -0.2) is 31.7 Å². The second kappa shape index (κ2) is 8.05. The summed E-state index contributed by atoms with van der Waals surface area (Å²) in [5, 5.41) is 3.36. The van der Waals surface area contributed by atoms with Crippen molar-refractivity contribution >= 4 is 34.3 Å². The Morgan fingerprint density at radius 3 is 2.77 bits per heavy atom. The monoisotopic (exact) mass is 373 g/mol. The Hall–Kier alpha value is -2.80. The number of aryl methyl sites for hydroxylation is 1. The summed E-state index contributed by atoms with van der Waals surface area (Å²) in [6.45, 7) is 4.94. The van der Waals surface area contributed by atoms with Crippen LogP contribution in [-0.2, 0) is 9.53 Å². The number of rotatable bonds is 5. The molecule has 0 unspecified atom stereocenters. The molecule has 26 heavy (non-hydrogen) atoms. The van der Waals surface area contributed by atoms with E-state index in [4.69, 9.17) is 14.2 Å². The van der Waals surface area contributed by atoms with Crippen molar-refractivity contribution in [3.05, 3.63) is 46.3 Å². The number of anilines is 1. The van der Waals surface area contributed by atoms with E-state index < -0.39 is 0 Å². The molecule has 1 amide bonds. The third kappa shape index (κ3) is 4.23. The zero-order valence-electron chi connectivity index (χ0n) is 14.5. The van der Waals surface area contributed by atoms with Crippen molar-refractivity contribution in [3.63, 3.8) is 0 Å². The van der Waals surface area contributed by atoms with Gasteiger partial charge in [-0.15, -0.1) is 11.3 Å². The van der Waals surface area contributed by atoms with Gasteiger partial charge in [-0.25, -0.2) is 4.79 Å². The summed E-state index contributed by atoms with van der Waals surface area (Å²) in [7, 11) is 0. The molecule has 7 heteroatoms. The summed E-state index contributed by atoms with van der Waals surface area (Å²) in [5.41, 5.74) is 1.61. The first-order chi connectivity index (χ1) is 12.6. The smallest absolute Gasteiger partial charge is 0.348 e. The van der Waals surface area contributed by atoms with Gasteiger partial charge in [-0.3, -0.25) is 4.79 Å². The minimum absolute atomic E-state index is 0.281. The molecule has 1 aliphatic rings. The van der Waals surface area contributed by atoms with Gasteiger partial charge in [0.15, 0.2) is 11.5 Å². The third-order valence-electron chi connectivity index (χ3n) is 3.62. The first-order valence-electron chi connectivity index (χ1n) is 8.23. The van der Waals surface area contributed by atoms with Crippen LogP contribution in [0, 0.1) is 6.92 Å². The van der Waals surface area contributed by atoms with Crippen LogP contribution in [0.3, 0.4) is 0 Å². The Labute approximate surface area is 155 Å². The molecule has 2 heterocycles. The number of benzene rings is 1. The maximum absolute atomic E-state index is 12.1. The van der Waals surface area contributed by atoms with Gasteiger partial charge in [-0.05, 0) is 49.2 Å². The van der Waals surface area contributed by atoms with E-state index in [0.717, 1.165) is 11.1 Å². The van der Waals surface area contributed by atoms with Gasteiger partial charge in [-0.1, -0.05) is 6.07 Å². The fourth-order valence-corrected chi connectivity index (χ4v) is 3.41. The lowest BCUT2D eigenvalue weighted by Crippen LogP contribution is -2.15. The number of ether oxygens (including phenoxy) is 3. The minimum Gasteiger partial charge on any atom is -0.486 e. The highest BCUT2D eigenvalue weighted by Crippen LogP contribution is 2.31. The number of amides is 1. The Kier molecular flexibility index (Phi) is 5.58. The number of carbonyl (C=O) groups is 2. The van der Waals surface area contributed by atoms with E-state index in [0.29, 0.717) is 41.2 Å². The summed E-state index contributed by atoms with van der Waals surface area (Å²) in [4.78, 5) is 24.5. The predicted molar refractivity (Wildman–Crippen MR) is 100 cm³/mol. The van der Waals surface area contributed by atoms with Crippen molar-refractivity contribution in [2.24, 2.45) is 0 Å². The van der Waals surface area contributed by atoms with Crippen LogP contribution in [0.15, 0.2) is 30.3 Å². The van der Waals surface area contributed by atoms with Crippen molar-refractivity contribution in [3.8, 4) is 11.5 Å². The van der Waals surface area contributed by atoms with Crippen molar-refractivity contribution in [1.29, 1.82) is 0 Å². The van der Waals surface area contributed by atoms with E-state index in [2.05, 4.69) is 5.32 Å². The van der Waals surface area contributed by atoms with Gasteiger partial charge >= 0.3 is 5.97 Å². The van der Waals surface area contributed by atoms with E-state index in [1.54, 1.807) is 19.1 Å². The number of nitrogens with one attached hydrogen (secondary N) is 1. The number of fused-ring (bicyclic) bond motifs is 1. The molecular weight excluding hydrogens is 354 g/mol. The lowest BCUT2D eigenvalue weighted by atomic mass is 10.2. The van der Waals surface area contributed by atoms with Crippen LogP contribution >= 0.6 is 11.3 Å². The fourth-order valence-electron chi connectivity index (χ4n) is 2.44. The summed E-state index contributed by atoms with van der Waals surface area (Å²) in [6.07, 6.45) is 3.13. The number of hydrogen-bond donors (Lipinski definition) is 1. The van der Waals surface area contributed by atoms with Crippen LogP contribution in [0.1, 0.15) is 27.7 Å². The van der Waals surface area contributed by atoms with E-state index >= 15 is 0 Å². The number of hydrogen-bond acceptors (Lipinski definition) is 6. The average molecular weight is 373 g/mol. The molecule has 136 valence electrons. The Morgan fingerprint density at radius 1 is 1.23 bits per heavy atom. The molecule has 1 N–H and O–H groups in total. The predicted octanol–water partition coefficient (Wildman–Crippen LogP) is 3.66. The SMILES string of the molecule is CCOC(=O)c1sc(NC(=O)/C=C/c2ccc3c(c2)OCCO3)cc1C. The highest BCUT2D eigenvalue weighted by atomic mass is 32.1. The van der Waals surface area contributed by atoms with Crippen LogP contribution in [0.25, 0.3) is 6.08 Å². The normalized spacial score (nSPS) is 12.8. The molecule has 0 spiro atoms. The second-order valence-electron chi connectivity index (χ2n) is 5.57. The summed E-state index contributed by atoms with van der Waals surface area (Å²) >= 11 is 1.20. The lowest BCUT2D eigenvalue weighted by molar-refractivity contribution is -0.111. The third-order valence-corrected chi connectivity index (χ3v) is 4.75. The molecule has 1 aromatic heterocycles. The van der Waals surface area contributed by atoms with Crippen molar-refractivity contribution in [1.82, 2.24) is 0 Å². The number of carbonyl (C=O) groups excluding carboxylic acids is 2. The topological polar surface area (TPSA) is 73.9 Å². The van der Waals surface area contributed by atoms with Gasteiger partial charge in [0, 0.05) is 6.08 Å². The zero-order chi connectivity index (χ0) is 18.5. The van der Waals surface area contributed by atoms with Gasteiger partial charge in [0.1, 0.15) is 18.1 Å². The lowest BCUT2D eigenvalue weighted by Gasteiger charge is -2.18. The molecule has 0 aliphatic carbocycles. The van der Waals surface area contributed by atoms with Gasteiger partial charge in [-0.2, -0.15) is 0 Å². The standard InChI is InChI=1S/C19H19NO5S/c1-3-23-19(22)18-12(2)10-17(26-18)20-16(21)7-5-13-4-6-14-15(11-13)25-9-8-24-14/h4-7,10-11H,3,8-9H2,1-2H3,(H,20,21)/b7-5+. The van der Waals surface area contributed by atoms with Gasteiger partial charge in [0.05, 0.1) is 11.6 Å². The summed E-state index contributed by atoms with van der Waals surface area (Å²) < 4.78 is 16.0. The van der Waals surface area contributed by atoms with Crippen LogP contribution < -0.4 is 14.8 Å². The second-order valence-corrected chi connectivity index (χ2v) is 6.62. The van der Waals surface area contributed by atoms with Crippen LogP contribution in [0.2, 0.25) is 0 Å². The largest absolute Gasteiger partial charge is 0.486 e. The first kappa shape index (κ1) is 18.0. The molecule has 6 nitrogen and oxygen atoms in total. The van der Waals surface area contributed by atoms with E-state index in [1.165, 1.54) is 17.4 Å². The number of esters is 1. The van der Waals surface area contributed by atoms with Gasteiger partial charge < -0.3 is 19.5 Å². The maximum Gasteiger partial charge on any atom is 0.348 e. The fraction of sp³-hybridized carbons (Fsp3) is 0.263. The Morgan fingerprint density at radius 2 is 2.00 bits per heavy atom. The molecule has 0 bridgehead atoms. The molecule has 0 saturated heterocycles. The molecule has 1 aromatic carbocycles. The molecule has 3 rings (SSSR count). The summed E-state index contributed by atoms with van der Waals surface area (Å²) in [5.74, 6) is 0.726. The van der Waals surface area contributed by atoms with E-state index in [9.17, 15) is 9.59 Å². The minimum atomic E-state index is -0.373. The molecule has 0 fully saturated rings. The molecular formula is C19H19NO5S. The highest BCUT2D eigenvalue weighted by Gasteiger charge is 2.15. The van der Waals surface area contributed by atoms with Gasteiger partial charge in [0.25, 0.3) is 0 Å². The molecule has 2 aromatic rings. The quantitative estimate of drug-likeness (QED) is 0.640. The first-order valence-corrected chi connectivity index (χ1v) is 9.04. The Balaban J connectivity index is 1.64. The molecule has 0 radical (unpaired) electrons. The van der Waals surface area contributed by atoms with Gasteiger partial charge in [0.2, 0.25) is 5.91 Å². The average Bonchev–Trinajstić information content (AvgIpc) is 3.00. The van der Waals surface area contributed by atoms with E-state index in [-0.39, 0.29) is 11.9 Å². The van der Waals surface area contributed by atoms with Crippen molar-refractivity contribution in [2.45, 2.75) is 13.8 Å². The van der Waals surface area contributed by atoms with Crippen LogP contribution in [0.4, 0.5) is 5.00 Å². The summed E-state index contributed by atoms with van der Waals surface area (Å²) in [6, 6.07) is 7.25. The van der Waals surface area contributed by atoms with E-state index in [1.807, 2.05) is 25.1 Å². The van der Waals surface area contributed by atoms with Crippen molar-refractivity contribution in [2.75, 3.05) is 25.1 Å².